The molecule has 1 fully saturated rings. The first-order chi connectivity index (χ1) is 13.7. The first-order valence-corrected chi connectivity index (χ1v) is 10.2. The van der Waals surface area contributed by atoms with Crippen LogP contribution in [0, 0.1) is 5.92 Å². The number of fused-ring (bicyclic) bond motifs is 3. The number of nitrogens with zero attached hydrogens (tertiary/aromatic N) is 1. The Labute approximate surface area is 167 Å². The van der Waals surface area contributed by atoms with Gasteiger partial charge in [0.15, 0.2) is 12.3 Å². The molecule has 2 aliphatic rings. The molecule has 1 saturated carbocycles. The Morgan fingerprint density at radius 1 is 1.21 bits per heavy atom. The van der Waals surface area contributed by atoms with Crippen LogP contribution in [0.25, 0.3) is 10.8 Å². The summed E-state index contributed by atoms with van der Waals surface area (Å²) in [5, 5.41) is 2.42. The molecule has 2 aromatic carbocycles. The lowest BCUT2D eigenvalue weighted by molar-refractivity contribution is -0.424. The molecule has 0 radical (unpaired) electrons. The van der Waals surface area contributed by atoms with E-state index in [4.69, 9.17) is 4.74 Å². The van der Waals surface area contributed by atoms with Gasteiger partial charge in [-0.15, -0.1) is 0 Å². The van der Waals surface area contributed by atoms with Crippen LogP contribution < -0.4 is 0 Å². The van der Waals surface area contributed by atoms with Crippen LogP contribution in [0.2, 0.25) is 0 Å². The normalized spacial score (nSPS) is 19.5. The van der Waals surface area contributed by atoms with Crippen LogP contribution in [0.1, 0.15) is 43.6 Å². The van der Waals surface area contributed by atoms with Gasteiger partial charge in [0.05, 0.1) is 19.4 Å². The van der Waals surface area contributed by atoms with E-state index in [2.05, 4.69) is 59.7 Å². The Morgan fingerprint density at radius 3 is 2.75 bits per heavy atom. The molecular formula is C25H28NO2+. The van der Waals surface area contributed by atoms with E-state index in [0.717, 1.165) is 6.54 Å². The Morgan fingerprint density at radius 2 is 2.00 bits per heavy atom. The van der Waals surface area contributed by atoms with Crippen molar-refractivity contribution in [1.82, 2.24) is 0 Å². The van der Waals surface area contributed by atoms with E-state index in [-0.39, 0.29) is 11.9 Å². The molecule has 0 spiro atoms. The number of rotatable bonds is 6. The van der Waals surface area contributed by atoms with E-state index < -0.39 is 0 Å². The standard InChI is InChI=1S/C25H28NO2/c1-3-16-26-22(14-12-18-8-4-5-9-18)21(17-24(27)28-2)25-20-11-7-6-10-19(20)13-15-23(25)26/h3,6-7,10-15,18,21H,1,4-5,8-9,16-17H2,2H3/q+1. The quantitative estimate of drug-likeness (QED) is 0.379. The topological polar surface area (TPSA) is 29.3 Å². The average molecular weight is 375 g/mol. The number of allylic oxidation sites excluding steroid dienone is 2. The van der Waals surface area contributed by atoms with E-state index in [0.29, 0.717) is 12.3 Å². The first kappa shape index (κ1) is 18.7. The van der Waals surface area contributed by atoms with E-state index in [1.54, 1.807) is 0 Å². The SMILES string of the molecule is C=CC[N+]1=C(C=CC2CCCC2)C(CC(=O)OC)c2c1ccc1ccccc21. The van der Waals surface area contributed by atoms with Gasteiger partial charge in [-0.2, -0.15) is 4.58 Å². The van der Waals surface area contributed by atoms with Crippen LogP contribution in [0.3, 0.4) is 0 Å². The third-order valence-corrected chi connectivity index (χ3v) is 6.10. The molecule has 1 aliphatic carbocycles. The third kappa shape index (κ3) is 3.42. The molecule has 2 aromatic rings. The van der Waals surface area contributed by atoms with Gasteiger partial charge < -0.3 is 4.74 Å². The molecule has 1 aliphatic heterocycles. The highest BCUT2D eigenvalue weighted by atomic mass is 16.5. The van der Waals surface area contributed by atoms with Crippen LogP contribution in [0.5, 0.6) is 0 Å². The summed E-state index contributed by atoms with van der Waals surface area (Å²) in [4.78, 5) is 12.3. The van der Waals surface area contributed by atoms with Crippen LogP contribution in [0.4, 0.5) is 5.69 Å². The van der Waals surface area contributed by atoms with Crippen molar-refractivity contribution >= 4 is 28.1 Å². The number of benzene rings is 2. The van der Waals surface area contributed by atoms with Crippen LogP contribution in [-0.2, 0) is 9.53 Å². The van der Waals surface area contributed by atoms with E-state index in [1.165, 1.54) is 60.5 Å². The molecule has 3 heteroatoms. The maximum atomic E-state index is 12.3. The second-order valence-electron chi connectivity index (χ2n) is 7.78. The Bertz CT molecular complexity index is 964. The van der Waals surface area contributed by atoms with Crippen molar-refractivity contribution in [2.24, 2.45) is 5.92 Å². The first-order valence-electron chi connectivity index (χ1n) is 10.2. The van der Waals surface area contributed by atoms with Gasteiger partial charge in [-0.25, -0.2) is 0 Å². The number of hydrogen-bond donors (Lipinski definition) is 0. The largest absolute Gasteiger partial charge is 0.469 e. The molecule has 1 unspecified atom stereocenters. The summed E-state index contributed by atoms with van der Waals surface area (Å²) in [7, 11) is 1.47. The fraction of sp³-hybridized carbons (Fsp3) is 0.360. The highest BCUT2D eigenvalue weighted by Crippen LogP contribution is 2.42. The predicted molar refractivity (Wildman–Crippen MR) is 114 cm³/mol. The number of carbonyl (C=O) groups is 1. The van der Waals surface area contributed by atoms with Gasteiger partial charge in [-0.3, -0.25) is 4.79 Å². The molecule has 1 heterocycles. The number of carbonyl (C=O) groups excluding carboxylic acids is 1. The zero-order chi connectivity index (χ0) is 19.5. The summed E-state index contributed by atoms with van der Waals surface area (Å²) in [6, 6.07) is 12.8. The minimum absolute atomic E-state index is 0.00570. The number of methoxy groups -OCH3 is 1. The molecule has 0 saturated heterocycles. The lowest BCUT2D eigenvalue weighted by Crippen LogP contribution is -2.18. The summed E-state index contributed by atoms with van der Waals surface area (Å²) in [6.45, 7) is 4.69. The minimum atomic E-state index is -0.170. The van der Waals surface area contributed by atoms with E-state index in [9.17, 15) is 4.79 Å². The molecule has 3 nitrogen and oxygen atoms in total. The Hall–Kier alpha value is -2.68. The van der Waals surface area contributed by atoms with Crippen molar-refractivity contribution in [3.8, 4) is 0 Å². The second-order valence-corrected chi connectivity index (χ2v) is 7.78. The molecule has 0 bridgehead atoms. The van der Waals surface area contributed by atoms with Gasteiger partial charge in [-0.05, 0) is 41.7 Å². The summed E-state index contributed by atoms with van der Waals surface area (Å²) < 4.78 is 7.36. The smallest absolute Gasteiger partial charge is 0.306 e. The van der Waals surface area contributed by atoms with Crippen molar-refractivity contribution in [2.45, 2.75) is 38.0 Å². The molecule has 0 aromatic heterocycles. The van der Waals surface area contributed by atoms with Gasteiger partial charge in [-0.1, -0.05) is 49.8 Å². The fourth-order valence-corrected chi connectivity index (χ4v) is 4.74. The Balaban J connectivity index is 1.85. The molecule has 4 rings (SSSR count). The number of esters is 1. The van der Waals surface area contributed by atoms with Gasteiger partial charge in [0.2, 0.25) is 5.69 Å². The maximum Gasteiger partial charge on any atom is 0.306 e. The summed E-state index contributed by atoms with van der Waals surface area (Å²) in [6.07, 6.45) is 12.1. The van der Waals surface area contributed by atoms with Crippen molar-refractivity contribution < 1.29 is 14.1 Å². The average Bonchev–Trinajstić information content (AvgIpc) is 3.34. The van der Waals surface area contributed by atoms with Crippen molar-refractivity contribution in [3.05, 3.63) is 66.8 Å². The van der Waals surface area contributed by atoms with Crippen molar-refractivity contribution in [1.29, 1.82) is 0 Å². The lowest BCUT2D eigenvalue weighted by atomic mass is 9.88. The number of hydrogen-bond acceptors (Lipinski definition) is 2. The van der Waals surface area contributed by atoms with Crippen LogP contribution >= 0.6 is 0 Å². The maximum absolute atomic E-state index is 12.3. The molecule has 1 atom stereocenters. The van der Waals surface area contributed by atoms with Crippen molar-refractivity contribution in [2.75, 3.05) is 13.7 Å². The number of ether oxygens (including phenoxy) is 1. The van der Waals surface area contributed by atoms with Gasteiger partial charge in [0.25, 0.3) is 0 Å². The summed E-state index contributed by atoms with van der Waals surface area (Å²) in [5.41, 5.74) is 3.60. The molecule has 0 amide bonds. The monoisotopic (exact) mass is 374 g/mol. The van der Waals surface area contributed by atoms with E-state index in [1.807, 2.05) is 6.08 Å². The van der Waals surface area contributed by atoms with Gasteiger partial charge in [0.1, 0.15) is 0 Å². The fourth-order valence-electron chi connectivity index (χ4n) is 4.74. The molecule has 0 N–H and O–H groups in total. The third-order valence-electron chi connectivity index (χ3n) is 6.10. The lowest BCUT2D eigenvalue weighted by Gasteiger charge is -2.10. The second kappa shape index (κ2) is 8.14. The molecule has 28 heavy (non-hydrogen) atoms. The van der Waals surface area contributed by atoms with Crippen LogP contribution in [0.15, 0.2) is 61.2 Å². The summed E-state index contributed by atoms with van der Waals surface area (Å²) in [5.74, 6) is 0.486. The van der Waals surface area contributed by atoms with E-state index >= 15 is 0 Å². The highest BCUT2D eigenvalue weighted by molar-refractivity contribution is 6.06. The minimum Gasteiger partial charge on any atom is -0.469 e. The summed E-state index contributed by atoms with van der Waals surface area (Å²) >= 11 is 0. The Kier molecular flexibility index (Phi) is 5.43. The predicted octanol–water partition coefficient (Wildman–Crippen LogP) is 5.52. The zero-order valence-corrected chi connectivity index (χ0v) is 16.6. The van der Waals surface area contributed by atoms with Gasteiger partial charge >= 0.3 is 5.97 Å². The van der Waals surface area contributed by atoms with Gasteiger partial charge in [0, 0.05) is 17.7 Å². The molecular weight excluding hydrogens is 346 g/mol. The molecule has 144 valence electrons. The van der Waals surface area contributed by atoms with Crippen LogP contribution in [-0.4, -0.2) is 29.9 Å². The van der Waals surface area contributed by atoms with Crippen molar-refractivity contribution in [3.63, 3.8) is 0 Å². The zero-order valence-electron chi connectivity index (χ0n) is 16.6. The highest BCUT2D eigenvalue weighted by Gasteiger charge is 2.40.